The summed E-state index contributed by atoms with van der Waals surface area (Å²) in [5.74, 6) is 0.495. The van der Waals surface area contributed by atoms with Crippen molar-refractivity contribution in [3.63, 3.8) is 0 Å². The maximum Gasteiger partial charge on any atom is 0.410 e. The van der Waals surface area contributed by atoms with Crippen molar-refractivity contribution in [1.82, 2.24) is 20.2 Å². The summed E-state index contributed by atoms with van der Waals surface area (Å²) in [6.07, 6.45) is 7.60. The molecule has 1 aromatic heterocycles. The molecule has 2 fully saturated rings. The van der Waals surface area contributed by atoms with Crippen molar-refractivity contribution in [2.45, 2.75) is 64.6 Å². The molecule has 1 aromatic rings. The number of anilines is 1. The predicted octanol–water partition coefficient (Wildman–Crippen LogP) is 2.33. The van der Waals surface area contributed by atoms with Crippen LogP contribution in [0.5, 0.6) is 0 Å². The van der Waals surface area contributed by atoms with Crippen molar-refractivity contribution in [3.8, 4) is 0 Å². The number of carbonyl (C=O) groups is 1. The predicted molar refractivity (Wildman–Crippen MR) is 95.8 cm³/mol. The second kappa shape index (κ2) is 6.78. The minimum atomic E-state index is -0.427. The molecule has 7 nitrogen and oxygen atoms in total. The lowest BCUT2D eigenvalue weighted by atomic mass is 9.67. The highest BCUT2D eigenvalue weighted by molar-refractivity contribution is 5.69. The fourth-order valence-corrected chi connectivity index (χ4v) is 3.72. The molecule has 1 saturated heterocycles. The summed E-state index contributed by atoms with van der Waals surface area (Å²) < 4.78 is 5.45. The summed E-state index contributed by atoms with van der Waals surface area (Å²) in [6, 6.07) is 0.475. The molecule has 0 bridgehead atoms. The number of nitrogens with one attached hydrogen (secondary N) is 1. The standard InChI is InChI=1S/C18H29N5O2/c1-17(2,3)25-16(24)23-11-18(12-23)6-4-13(5-7-18)22-10-14-15(19)21-9-8-20-14/h8-9,13,22H,4-7,10-12H2,1-3H3,(H2,19,21). The van der Waals surface area contributed by atoms with Crippen molar-refractivity contribution in [3.05, 3.63) is 18.1 Å². The van der Waals surface area contributed by atoms with Gasteiger partial charge in [-0.25, -0.2) is 9.78 Å². The van der Waals surface area contributed by atoms with E-state index in [1.807, 2.05) is 25.7 Å². The largest absolute Gasteiger partial charge is 0.444 e. The Hall–Kier alpha value is -1.89. The van der Waals surface area contributed by atoms with Crippen LogP contribution in [0, 0.1) is 5.41 Å². The number of likely N-dealkylation sites (tertiary alicyclic amines) is 1. The van der Waals surface area contributed by atoms with Crippen molar-refractivity contribution in [1.29, 1.82) is 0 Å². The molecule has 0 unspecified atom stereocenters. The third-order valence-electron chi connectivity index (χ3n) is 5.12. The first kappa shape index (κ1) is 17.9. The van der Waals surface area contributed by atoms with Gasteiger partial charge in [0.1, 0.15) is 11.4 Å². The molecule has 3 rings (SSSR count). The third kappa shape index (κ3) is 4.39. The van der Waals surface area contributed by atoms with E-state index in [0.29, 0.717) is 23.8 Å². The van der Waals surface area contributed by atoms with Gasteiger partial charge in [0, 0.05) is 43.5 Å². The lowest BCUT2D eigenvalue weighted by Gasteiger charge is -2.53. The Morgan fingerprint density at radius 3 is 2.56 bits per heavy atom. The molecular weight excluding hydrogens is 318 g/mol. The molecule has 2 heterocycles. The Morgan fingerprint density at radius 1 is 1.32 bits per heavy atom. The monoisotopic (exact) mass is 347 g/mol. The molecule has 7 heteroatoms. The quantitative estimate of drug-likeness (QED) is 0.872. The summed E-state index contributed by atoms with van der Waals surface area (Å²) in [5.41, 5.74) is 6.51. The van der Waals surface area contributed by atoms with Gasteiger partial charge in [0.05, 0.1) is 5.69 Å². The van der Waals surface area contributed by atoms with Gasteiger partial charge in [-0.05, 0) is 46.5 Å². The van der Waals surface area contributed by atoms with E-state index in [0.717, 1.165) is 44.5 Å². The lowest BCUT2D eigenvalue weighted by molar-refractivity contribution is -0.0516. The van der Waals surface area contributed by atoms with Gasteiger partial charge in [-0.2, -0.15) is 0 Å². The van der Waals surface area contributed by atoms with Crippen LogP contribution in [0.3, 0.4) is 0 Å². The highest BCUT2D eigenvalue weighted by Crippen LogP contribution is 2.44. The molecule has 1 amide bonds. The van der Waals surface area contributed by atoms with Gasteiger partial charge < -0.3 is 20.7 Å². The number of hydrogen-bond acceptors (Lipinski definition) is 6. The summed E-state index contributed by atoms with van der Waals surface area (Å²) in [7, 11) is 0. The number of aromatic nitrogens is 2. The summed E-state index contributed by atoms with van der Waals surface area (Å²) in [5, 5.41) is 3.54. The molecule has 1 aliphatic carbocycles. The van der Waals surface area contributed by atoms with E-state index >= 15 is 0 Å². The molecule has 2 aliphatic rings. The zero-order chi connectivity index (χ0) is 18.1. The Balaban J connectivity index is 1.41. The molecular formula is C18H29N5O2. The Morgan fingerprint density at radius 2 is 1.96 bits per heavy atom. The van der Waals surface area contributed by atoms with Gasteiger partial charge >= 0.3 is 6.09 Å². The average Bonchev–Trinajstić information content (AvgIpc) is 2.51. The van der Waals surface area contributed by atoms with Crippen LogP contribution in [-0.2, 0) is 11.3 Å². The van der Waals surface area contributed by atoms with Crippen LogP contribution in [0.4, 0.5) is 10.6 Å². The van der Waals surface area contributed by atoms with Crippen LogP contribution in [0.25, 0.3) is 0 Å². The topological polar surface area (TPSA) is 93.4 Å². The van der Waals surface area contributed by atoms with E-state index in [-0.39, 0.29) is 6.09 Å². The number of hydrogen-bond donors (Lipinski definition) is 2. The number of carbonyl (C=O) groups excluding carboxylic acids is 1. The second-order valence-corrected chi connectivity index (χ2v) is 8.38. The second-order valence-electron chi connectivity index (χ2n) is 8.38. The van der Waals surface area contributed by atoms with E-state index in [1.165, 1.54) is 0 Å². The Kier molecular flexibility index (Phi) is 4.86. The van der Waals surface area contributed by atoms with Gasteiger partial charge in [0.15, 0.2) is 0 Å². The summed E-state index contributed by atoms with van der Waals surface area (Å²) in [6.45, 7) is 8.02. The zero-order valence-electron chi connectivity index (χ0n) is 15.4. The van der Waals surface area contributed by atoms with E-state index in [9.17, 15) is 4.79 Å². The van der Waals surface area contributed by atoms with E-state index in [2.05, 4.69) is 15.3 Å². The molecule has 1 spiro atoms. The SMILES string of the molecule is CC(C)(C)OC(=O)N1CC2(CCC(NCc3nccnc3N)CC2)C1. The molecule has 25 heavy (non-hydrogen) atoms. The molecule has 0 atom stereocenters. The molecule has 1 aliphatic heterocycles. The average molecular weight is 347 g/mol. The summed E-state index contributed by atoms with van der Waals surface area (Å²) >= 11 is 0. The van der Waals surface area contributed by atoms with E-state index < -0.39 is 5.60 Å². The number of nitrogen functional groups attached to an aromatic ring is 1. The van der Waals surface area contributed by atoms with Crippen molar-refractivity contribution >= 4 is 11.9 Å². The third-order valence-corrected chi connectivity index (χ3v) is 5.12. The molecule has 3 N–H and O–H groups in total. The highest BCUT2D eigenvalue weighted by atomic mass is 16.6. The minimum absolute atomic E-state index is 0.184. The number of nitrogens with two attached hydrogens (primary N) is 1. The van der Waals surface area contributed by atoms with Gasteiger partial charge in [-0.1, -0.05) is 0 Å². The van der Waals surface area contributed by atoms with E-state index in [4.69, 9.17) is 10.5 Å². The minimum Gasteiger partial charge on any atom is -0.444 e. The molecule has 1 saturated carbocycles. The van der Waals surface area contributed by atoms with Gasteiger partial charge in [0.2, 0.25) is 0 Å². The van der Waals surface area contributed by atoms with Crippen LogP contribution in [0.15, 0.2) is 12.4 Å². The number of rotatable bonds is 3. The Bertz CT molecular complexity index is 612. The van der Waals surface area contributed by atoms with Gasteiger partial charge in [-0.3, -0.25) is 4.98 Å². The number of nitrogens with zero attached hydrogens (tertiary/aromatic N) is 3. The Labute approximate surface area is 149 Å². The molecule has 0 aromatic carbocycles. The first-order chi connectivity index (χ1) is 11.8. The van der Waals surface area contributed by atoms with Crippen LogP contribution < -0.4 is 11.1 Å². The van der Waals surface area contributed by atoms with E-state index in [1.54, 1.807) is 12.4 Å². The van der Waals surface area contributed by atoms with Crippen LogP contribution in [0.1, 0.15) is 52.1 Å². The smallest absolute Gasteiger partial charge is 0.410 e. The first-order valence-electron chi connectivity index (χ1n) is 9.03. The maximum absolute atomic E-state index is 12.1. The number of ether oxygens (including phenoxy) is 1. The summed E-state index contributed by atoms with van der Waals surface area (Å²) in [4.78, 5) is 22.3. The van der Waals surface area contributed by atoms with Crippen molar-refractivity contribution < 1.29 is 9.53 Å². The molecule has 138 valence electrons. The first-order valence-corrected chi connectivity index (χ1v) is 9.03. The fourth-order valence-electron chi connectivity index (χ4n) is 3.72. The van der Waals surface area contributed by atoms with Crippen molar-refractivity contribution in [2.75, 3.05) is 18.8 Å². The van der Waals surface area contributed by atoms with Crippen LogP contribution in [-0.4, -0.2) is 45.7 Å². The van der Waals surface area contributed by atoms with Crippen molar-refractivity contribution in [2.24, 2.45) is 5.41 Å². The fraction of sp³-hybridized carbons (Fsp3) is 0.722. The van der Waals surface area contributed by atoms with Gasteiger partial charge in [-0.15, -0.1) is 0 Å². The lowest BCUT2D eigenvalue weighted by Crippen LogP contribution is -2.61. The normalized spacial score (nSPS) is 20.4. The van der Waals surface area contributed by atoms with Gasteiger partial charge in [0.25, 0.3) is 0 Å². The zero-order valence-corrected chi connectivity index (χ0v) is 15.4. The highest BCUT2D eigenvalue weighted by Gasteiger charge is 2.47. The molecule has 0 radical (unpaired) electrons. The van der Waals surface area contributed by atoms with Crippen LogP contribution >= 0.6 is 0 Å². The number of amides is 1. The maximum atomic E-state index is 12.1. The van der Waals surface area contributed by atoms with Crippen LogP contribution in [0.2, 0.25) is 0 Å².